The number of amides is 1. The van der Waals surface area contributed by atoms with Crippen molar-refractivity contribution in [2.75, 3.05) is 5.73 Å². The number of nitrogens with one attached hydrogen (secondary N) is 1. The summed E-state index contributed by atoms with van der Waals surface area (Å²) in [5.74, 6) is -0.799. The average molecular weight is 476 g/mol. The Bertz CT molecular complexity index is 1230. The number of nitrogens with two attached hydrogens (primary N) is 1. The molecule has 15 heteroatoms. The van der Waals surface area contributed by atoms with E-state index in [0.29, 0.717) is 12.1 Å². The van der Waals surface area contributed by atoms with E-state index in [2.05, 4.69) is 25.4 Å². The molecule has 10 nitrogen and oxygen atoms in total. The van der Waals surface area contributed by atoms with Crippen LogP contribution >= 0.6 is 11.6 Å². The molecular formula is C16H13ClF3N7O3S. The third kappa shape index (κ3) is 4.59. The largest absolute Gasteiger partial charge is 0.501 e. The minimum Gasteiger partial charge on any atom is -0.366 e. The second kappa shape index (κ2) is 8.11. The number of sulfone groups is 1. The third-order valence-corrected chi connectivity index (χ3v) is 5.56. The van der Waals surface area contributed by atoms with E-state index in [4.69, 9.17) is 17.3 Å². The van der Waals surface area contributed by atoms with Crippen LogP contribution in [0.2, 0.25) is 5.02 Å². The molecule has 0 radical (unpaired) electrons. The van der Waals surface area contributed by atoms with Crippen molar-refractivity contribution in [2.45, 2.75) is 23.4 Å². The highest BCUT2D eigenvalue weighted by Crippen LogP contribution is 2.32. The highest BCUT2D eigenvalue weighted by Gasteiger charge is 2.47. The lowest BCUT2D eigenvalue weighted by atomic mass is 10.2. The Morgan fingerprint density at radius 2 is 1.87 bits per heavy atom. The van der Waals surface area contributed by atoms with Gasteiger partial charge in [0.05, 0.1) is 10.9 Å². The van der Waals surface area contributed by atoms with Crippen molar-refractivity contribution in [2.24, 2.45) is 0 Å². The molecule has 0 aliphatic rings. The summed E-state index contributed by atoms with van der Waals surface area (Å²) in [5, 5.41) is 6.06. The Morgan fingerprint density at radius 1 is 1.23 bits per heavy atom. The number of rotatable bonds is 5. The third-order valence-electron chi connectivity index (χ3n) is 3.87. The monoisotopic (exact) mass is 475 g/mol. The summed E-state index contributed by atoms with van der Waals surface area (Å²) in [6.07, 6.45) is 2.89. The van der Waals surface area contributed by atoms with Crippen LogP contribution in [0.4, 0.5) is 19.1 Å². The van der Waals surface area contributed by atoms with E-state index in [1.165, 1.54) is 24.0 Å². The molecule has 2 heterocycles. The van der Waals surface area contributed by atoms with Crippen molar-refractivity contribution in [1.82, 2.24) is 30.0 Å². The lowest BCUT2D eigenvalue weighted by Crippen LogP contribution is -2.29. The van der Waals surface area contributed by atoms with Gasteiger partial charge in [-0.15, -0.1) is 5.10 Å². The molecule has 0 fully saturated rings. The normalized spacial score (nSPS) is 13.1. The lowest BCUT2D eigenvalue weighted by molar-refractivity contribution is -0.0436. The van der Waals surface area contributed by atoms with Gasteiger partial charge in [0.1, 0.15) is 0 Å². The number of nitrogens with zero attached hydrogens (tertiary/aromatic N) is 5. The maximum absolute atomic E-state index is 12.8. The second-order valence-electron chi connectivity index (χ2n) is 6.11. The molecule has 164 valence electrons. The van der Waals surface area contributed by atoms with Gasteiger partial charge in [0.15, 0.2) is 5.82 Å². The summed E-state index contributed by atoms with van der Waals surface area (Å²) in [6, 6.07) is 2.91. The SMILES string of the molecule is C[C@H](NC(=O)c1cc(Cl)cc(S(=O)(=O)C(F)(F)F)c1)c1nc(N)nn1-c1ncccn1. The Balaban J connectivity index is 1.92. The lowest BCUT2D eigenvalue weighted by Gasteiger charge is -2.15. The molecule has 1 amide bonds. The predicted octanol–water partition coefficient (Wildman–Crippen LogP) is 2.08. The van der Waals surface area contributed by atoms with Crippen molar-refractivity contribution in [3.05, 3.63) is 53.1 Å². The first-order valence-electron chi connectivity index (χ1n) is 8.33. The number of carbonyl (C=O) groups is 1. The molecule has 3 aromatic rings. The number of carbonyl (C=O) groups excluding carboxylic acids is 1. The molecule has 1 atom stereocenters. The van der Waals surface area contributed by atoms with E-state index in [9.17, 15) is 26.4 Å². The molecule has 0 aliphatic carbocycles. The van der Waals surface area contributed by atoms with E-state index in [1.807, 2.05) is 0 Å². The molecule has 0 unspecified atom stereocenters. The molecule has 0 saturated carbocycles. The van der Waals surface area contributed by atoms with Gasteiger partial charge >= 0.3 is 5.51 Å². The fourth-order valence-electron chi connectivity index (χ4n) is 2.50. The molecule has 0 bridgehead atoms. The number of aromatic nitrogens is 5. The maximum atomic E-state index is 12.8. The fraction of sp³-hybridized carbons (Fsp3) is 0.188. The zero-order valence-corrected chi connectivity index (χ0v) is 17.1. The molecule has 31 heavy (non-hydrogen) atoms. The van der Waals surface area contributed by atoms with Gasteiger partial charge in [-0.25, -0.2) is 18.4 Å². The highest BCUT2D eigenvalue weighted by atomic mass is 35.5. The summed E-state index contributed by atoms with van der Waals surface area (Å²) < 4.78 is 63.1. The van der Waals surface area contributed by atoms with Gasteiger partial charge in [0.2, 0.25) is 5.95 Å². The van der Waals surface area contributed by atoms with Crippen molar-refractivity contribution in [1.29, 1.82) is 0 Å². The van der Waals surface area contributed by atoms with Crippen LogP contribution in [0.25, 0.3) is 5.95 Å². The standard InChI is InChI=1S/C16H13ClF3N7O3S/c1-8(12-25-14(21)26-27(12)15-22-3-2-4-23-15)24-13(28)9-5-10(17)7-11(6-9)31(29,30)16(18,19)20/h2-8H,1H3,(H2,21,26)(H,24,28)/t8-/m0/s1. The van der Waals surface area contributed by atoms with Crippen LogP contribution < -0.4 is 11.1 Å². The Labute approximate surface area is 178 Å². The van der Waals surface area contributed by atoms with Gasteiger partial charge in [-0.3, -0.25) is 4.79 Å². The average Bonchev–Trinajstić information content (AvgIpc) is 3.09. The first-order chi connectivity index (χ1) is 14.4. The molecule has 0 saturated heterocycles. The minimum atomic E-state index is -5.70. The molecular weight excluding hydrogens is 463 g/mol. The number of benzene rings is 1. The quantitative estimate of drug-likeness (QED) is 0.570. The van der Waals surface area contributed by atoms with E-state index in [0.717, 1.165) is 6.07 Å². The van der Waals surface area contributed by atoms with E-state index in [-0.39, 0.29) is 22.7 Å². The van der Waals surface area contributed by atoms with Crippen LogP contribution in [0.1, 0.15) is 29.1 Å². The van der Waals surface area contributed by atoms with Gasteiger partial charge < -0.3 is 11.1 Å². The number of nitrogen functional groups attached to an aromatic ring is 1. The molecule has 2 aromatic heterocycles. The topological polar surface area (TPSA) is 146 Å². The maximum Gasteiger partial charge on any atom is 0.501 e. The van der Waals surface area contributed by atoms with Gasteiger partial charge in [0.25, 0.3) is 21.7 Å². The zero-order valence-electron chi connectivity index (χ0n) is 15.5. The fourth-order valence-corrected chi connectivity index (χ4v) is 3.63. The van der Waals surface area contributed by atoms with Crippen molar-refractivity contribution in [3.63, 3.8) is 0 Å². The van der Waals surface area contributed by atoms with Gasteiger partial charge in [-0.05, 0) is 31.2 Å². The minimum absolute atomic E-state index is 0.115. The van der Waals surface area contributed by atoms with Gasteiger partial charge in [-0.1, -0.05) is 11.6 Å². The number of anilines is 1. The van der Waals surface area contributed by atoms with Crippen LogP contribution in [0.5, 0.6) is 0 Å². The summed E-state index contributed by atoms with van der Waals surface area (Å²) in [6.45, 7) is 1.50. The van der Waals surface area contributed by atoms with Crippen LogP contribution in [0, 0.1) is 0 Å². The van der Waals surface area contributed by atoms with E-state index >= 15 is 0 Å². The molecule has 3 N–H and O–H groups in total. The molecule has 1 aromatic carbocycles. The summed E-state index contributed by atoms with van der Waals surface area (Å²) >= 11 is 5.74. The van der Waals surface area contributed by atoms with Crippen LogP contribution in [0.15, 0.2) is 41.6 Å². The number of hydrogen-bond donors (Lipinski definition) is 2. The van der Waals surface area contributed by atoms with Gasteiger partial charge in [0, 0.05) is 23.0 Å². The summed E-state index contributed by atoms with van der Waals surface area (Å²) in [4.78, 5) is 23.5. The zero-order chi connectivity index (χ0) is 23.0. The Hall–Kier alpha value is -3.26. The van der Waals surface area contributed by atoms with Crippen LogP contribution in [-0.4, -0.2) is 44.6 Å². The van der Waals surface area contributed by atoms with Crippen LogP contribution in [-0.2, 0) is 9.84 Å². The van der Waals surface area contributed by atoms with Crippen molar-refractivity contribution in [3.8, 4) is 5.95 Å². The molecule has 0 aliphatic heterocycles. The van der Waals surface area contributed by atoms with Crippen molar-refractivity contribution >= 4 is 33.3 Å². The van der Waals surface area contributed by atoms with Crippen LogP contribution in [0.3, 0.4) is 0 Å². The summed E-state index contributed by atoms with van der Waals surface area (Å²) in [5.41, 5.74) is -0.336. The second-order valence-corrected chi connectivity index (χ2v) is 8.49. The van der Waals surface area contributed by atoms with Gasteiger partial charge in [-0.2, -0.15) is 22.8 Å². The van der Waals surface area contributed by atoms with E-state index < -0.39 is 37.8 Å². The highest BCUT2D eigenvalue weighted by molar-refractivity contribution is 7.92. The molecule has 3 rings (SSSR count). The van der Waals surface area contributed by atoms with E-state index in [1.54, 1.807) is 6.07 Å². The number of hydrogen-bond acceptors (Lipinski definition) is 8. The van der Waals surface area contributed by atoms with Crippen molar-refractivity contribution < 1.29 is 26.4 Å². The Morgan fingerprint density at radius 3 is 2.48 bits per heavy atom. The molecule has 0 spiro atoms. The Kier molecular flexibility index (Phi) is 5.87. The summed E-state index contributed by atoms with van der Waals surface area (Å²) in [7, 11) is -5.70. The first kappa shape index (κ1) is 22.4. The number of alkyl halides is 3. The first-order valence-corrected chi connectivity index (χ1v) is 10.2. The number of halogens is 4. The smallest absolute Gasteiger partial charge is 0.366 e. The predicted molar refractivity (Wildman–Crippen MR) is 102 cm³/mol.